The lowest BCUT2D eigenvalue weighted by molar-refractivity contribution is 0.105. The summed E-state index contributed by atoms with van der Waals surface area (Å²) in [5.74, 6) is 0.363. The highest BCUT2D eigenvalue weighted by Crippen LogP contribution is 2.12. The van der Waals surface area contributed by atoms with Gasteiger partial charge in [-0.15, -0.1) is 0 Å². The van der Waals surface area contributed by atoms with Crippen LogP contribution in [0.25, 0.3) is 0 Å². The molecule has 0 spiro atoms. The molecule has 2 heterocycles. The summed E-state index contributed by atoms with van der Waals surface area (Å²) in [4.78, 5) is 7.48. The van der Waals surface area contributed by atoms with E-state index in [1.54, 1.807) is 0 Å². The quantitative estimate of drug-likeness (QED) is 0.312. The standard InChI is InChI=1S/C15H31N5O/c1-2-5-14(15(16)17-21)20-12-10-19(11-13-20)9-8-18-6-3-4-7-18/h14,21H,2-13H2,1H3,(H2,16,17). The van der Waals surface area contributed by atoms with E-state index in [0.717, 1.165) is 39.0 Å². The zero-order chi connectivity index (χ0) is 15.1. The zero-order valence-electron chi connectivity index (χ0n) is 13.4. The number of amidine groups is 1. The molecule has 2 rings (SSSR count). The molecule has 2 aliphatic heterocycles. The average molecular weight is 297 g/mol. The van der Waals surface area contributed by atoms with Gasteiger partial charge >= 0.3 is 0 Å². The number of hydrogen-bond donors (Lipinski definition) is 2. The van der Waals surface area contributed by atoms with E-state index in [4.69, 9.17) is 10.9 Å². The van der Waals surface area contributed by atoms with E-state index in [9.17, 15) is 0 Å². The minimum atomic E-state index is 0.0979. The van der Waals surface area contributed by atoms with Crippen molar-refractivity contribution in [2.24, 2.45) is 10.9 Å². The first-order valence-electron chi connectivity index (χ1n) is 8.40. The fourth-order valence-electron chi connectivity index (χ4n) is 3.45. The van der Waals surface area contributed by atoms with Crippen molar-refractivity contribution in [1.82, 2.24) is 14.7 Å². The van der Waals surface area contributed by atoms with Crippen molar-refractivity contribution >= 4 is 5.84 Å². The van der Waals surface area contributed by atoms with Gasteiger partial charge in [-0.05, 0) is 32.4 Å². The first-order chi connectivity index (χ1) is 10.2. The summed E-state index contributed by atoms with van der Waals surface area (Å²) in [6.07, 6.45) is 4.75. The Morgan fingerprint density at radius 3 is 2.14 bits per heavy atom. The fourth-order valence-corrected chi connectivity index (χ4v) is 3.45. The summed E-state index contributed by atoms with van der Waals surface area (Å²) in [7, 11) is 0. The zero-order valence-corrected chi connectivity index (χ0v) is 13.4. The number of oxime groups is 1. The van der Waals surface area contributed by atoms with E-state index in [1.807, 2.05) is 0 Å². The summed E-state index contributed by atoms with van der Waals surface area (Å²) in [5.41, 5.74) is 5.85. The summed E-state index contributed by atoms with van der Waals surface area (Å²) in [6, 6.07) is 0.0979. The molecular formula is C15H31N5O. The molecule has 0 aromatic carbocycles. The highest BCUT2D eigenvalue weighted by atomic mass is 16.4. The Balaban J connectivity index is 1.73. The molecule has 6 nitrogen and oxygen atoms in total. The first-order valence-corrected chi connectivity index (χ1v) is 8.40. The van der Waals surface area contributed by atoms with Crippen LogP contribution in [0.2, 0.25) is 0 Å². The van der Waals surface area contributed by atoms with Crippen LogP contribution in [-0.4, -0.2) is 84.1 Å². The van der Waals surface area contributed by atoms with Crippen molar-refractivity contribution in [3.63, 3.8) is 0 Å². The van der Waals surface area contributed by atoms with Gasteiger partial charge in [0, 0.05) is 39.3 Å². The molecule has 2 aliphatic rings. The third kappa shape index (κ3) is 4.83. The minimum Gasteiger partial charge on any atom is -0.409 e. The van der Waals surface area contributed by atoms with Gasteiger partial charge in [-0.1, -0.05) is 18.5 Å². The van der Waals surface area contributed by atoms with Gasteiger partial charge in [0.15, 0.2) is 5.84 Å². The van der Waals surface area contributed by atoms with Crippen LogP contribution in [0.4, 0.5) is 0 Å². The molecule has 21 heavy (non-hydrogen) atoms. The summed E-state index contributed by atoms with van der Waals surface area (Å²) >= 11 is 0. The molecule has 0 amide bonds. The number of nitrogens with two attached hydrogens (primary N) is 1. The second-order valence-electron chi connectivity index (χ2n) is 6.26. The molecule has 1 unspecified atom stereocenters. The van der Waals surface area contributed by atoms with Gasteiger partial charge in [-0.25, -0.2) is 0 Å². The maximum atomic E-state index is 8.94. The monoisotopic (exact) mass is 297 g/mol. The van der Waals surface area contributed by atoms with E-state index >= 15 is 0 Å². The molecule has 3 N–H and O–H groups in total. The lowest BCUT2D eigenvalue weighted by atomic mass is 10.1. The Hall–Kier alpha value is -0.850. The maximum absolute atomic E-state index is 8.94. The minimum absolute atomic E-state index is 0.0979. The topological polar surface area (TPSA) is 68.3 Å². The third-order valence-corrected chi connectivity index (χ3v) is 4.80. The van der Waals surface area contributed by atoms with Gasteiger partial charge in [-0.3, -0.25) is 9.80 Å². The molecule has 2 saturated heterocycles. The Morgan fingerprint density at radius 1 is 1.05 bits per heavy atom. The van der Waals surface area contributed by atoms with Crippen LogP contribution in [0.15, 0.2) is 5.16 Å². The van der Waals surface area contributed by atoms with Gasteiger partial charge in [0.25, 0.3) is 0 Å². The fraction of sp³-hybridized carbons (Fsp3) is 0.933. The van der Waals surface area contributed by atoms with Crippen LogP contribution in [0.5, 0.6) is 0 Å². The third-order valence-electron chi connectivity index (χ3n) is 4.80. The predicted molar refractivity (Wildman–Crippen MR) is 85.8 cm³/mol. The Bertz CT molecular complexity index is 322. The van der Waals surface area contributed by atoms with Crippen LogP contribution < -0.4 is 5.73 Å². The van der Waals surface area contributed by atoms with E-state index in [0.29, 0.717) is 5.84 Å². The van der Waals surface area contributed by atoms with E-state index in [1.165, 1.54) is 39.0 Å². The molecule has 0 aliphatic carbocycles. The van der Waals surface area contributed by atoms with Gasteiger partial charge in [0.2, 0.25) is 0 Å². The van der Waals surface area contributed by atoms with Crippen LogP contribution in [0, 0.1) is 0 Å². The molecule has 0 saturated carbocycles. The molecule has 1 atom stereocenters. The maximum Gasteiger partial charge on any atom is 0.156 e. The molecular weight excluding hydrogens is 266 g/mol. The van der Waals surface area contributed by atoms with Crippen molar-refractivity contribution in [3.05, 3.63) is 0 Å². The molecule has 0 radical (unpaired) electrons. The summed E-state index contributed by atoms with van der Waals surface area (Å²) in [5, 5.41) is 12.2. The van der Waals surface area contributed by atoms with Crippen LogP contribution in [0.1, 0.15) is 32.6 Å². The van der Waals surface area contributed by atoms with Crippen molar-refractivity contribution in [1.29, 1.82) is 0 Å². The number of likely N-dealkylation sites (tertiary alicyclic amines) is 1. The number of hydrogen-bond acceptors (Lipinski definition) is 5. The van der Waals surface area contributed by atoms with Crippen molar-refractivity contribution in [3.8, 4) is 0 Å². The molecule has 122 valence electrons. The Morgan fingerprint density at radius 2 is 1.62 bits per heavy atom. The normalized spacial score (nSPS) is 24.5. The summed E-state index contributed by atoms with van der Waals surface area (Å²) < 4.78 is 0. The molecule has 0 bridgehead atoms. The van der Waals surface area contributed by atoms with Crippen molar-refractivity contribution < 1.29 is 5.21 Å². The number of rotatable bonds is 7. The van der Waals surface area contributed by atoms with Gasteiger partial charge in [0.1, 0.15) is 0 Å². The SMILES string of the molecule is CCCC(C(N)=NO)N1CCN(CCN2CCCC2)CC1. The van der Waals surface area contributed by atoms with Crippen LogP contribution in [-0.2, 0) is 0 Å². The van der Waals surface area contributed by atoms with Crippen LogP contribution >= 0.6 is 0 Å². The highest BCUT2D eigenvalue weighted by Gasteiger charge is 2.26. The van der Waals surface area contributed by atoms with Gasteiger partial charge in [0.05, 0.1) is 6.04 Å². The van der Waals surface area contributed by atoms with Gasteiger partial charge in [-0.2, -0.15) is 0 Å². The Labute approximate surface area is 128 Å². The molecule has 2 fully saturated rings. The smallest absolute Gasteiger partial charge is 0.156 e. The van der Waals surface area contributed by atoms with Crippen molar-refractivity contribution in [2.75, 3.05) is 52.4 Å². The summed E-state index contributed by atoms with van der Waals surface area (Å²) in [6.45, 7) is 11.3. The van der Waals surface area contributed by atoms with Crippen LogP contribution in [0.3, 0.4) is 0 Å². The van der Waals surface area contributed by atoms with Gasteiger partial charge < -0.3 is 15.8 Å². The second kappa shape index (κ2) is 8.56. The first kappa shape index (κ1) is 16.5. The number of nitrogens with zero attached hydrogens (tertiary/aromatic N) is 4. The number of piperazine rings is 1. The Kier molecular flexibility index (Phi) is 6.73. The van der Waals surface area contributed by atoms with E-state index in [2.05, 4.69) is 26.8 Å². The lowest BCUT2D eigenvalue weighted by Crippen LogP contribution is -2.54. The van der Waals surface area contributed by atoms with Crippen molar-refractivity contribution in [2.45, 2.75) is 38.6 Å². The molecule has 6 heteroatoms. The average Bonchev–Trinajstić information content (AvgIpc) is 3.04. The largest absolute Gasteiger partial charge is 0.409 e. The lowest BCUT2D eigenvalue weighted by Gasteiger charge is -2.39. The second-order valence-corrected chi connectivity index (χ2v) is 6.26. The highest BCUT2D eigenvalue weighted by molar-refractivity contribution is 5.85. The predicted octanol–water partition coefficient (Wildman–Crippen LogP) is 0.615. The van der Waals surface area contributed by atoms with E-state index in [-0.39, 0.29) is 6.04 Å². The molecule has 0 aromatic rings. The molecule has 0 aromatic heterocycles. The van der Waals surface area contributed by atoms with E-state index < -0.39 is 0 Å².